The number of anilines is 1. The highest BCUT2D eigenvalue weighted by molar-refractivity contribution is 6.32. The monoisotopic (exact) mass is 570 g/mol. The predicted octanol–water partition coefficient (Wildman–Crippen LogP) is 0.409. The molecule has 11 heteroatoms. The van der Waals surface area contributed by atoms with Crippen molar-refractivity contribution in [1.82, 2.24) is 9.80 Å². The Kier molecular flexibility index (Phi) is 7.96. The van der Waals surface area contributed by atoms with Crippen LogP contribution in [-0.2, 0) is 32.1 Å². The van der Waals surface area contributed by atoms with E-state index in [1.807, 2.05) is 26.0 Å². The van der Waals surface area contributed by atoms with Crippen molar-refractivity contribution in [3.05, 3.63) is 22.8 Å². The van der Waals surface area contributed by atoms with E-state index in [-0.39, 0.29) is 30.2 Å². The molecule has 11 nitrogen and oxygen atoms in total. The van der Waals surface area contributed by atoms with E-state index in [4.69, 9.17) is 5.73 Å². The van der Waals surface area contributed by atoms with Gasteiger partial charge in [0.25, 0.3) is 0 Å². The second-order valence-electron chi connectivity index (χ2n) is 12.8. The number of fused-ring (bicyclic) bond motifs is 3. The van der Waals surface area contributed by atoms with Crippen LogP contribution in [0.15, 0.2) is 6.07 Å². The molecule has 0 aromatic heterocycles. The molecule has 7 atom stereocenters. The van der Waals surface area contributed by atoms with Gasteiger partial charge in [0.15, 0.2) is 34.7 Å². The predicted molar refractivity (Wildman–Crippen MR) is 151 cm³/mol. The highest BCUT2D eigenvalue weighted by atomic mass is 16.3. The van der Waals surface area contributed by atoms with Crippen LogP contribution in [0.3, 0.4) is 0 Å². The fourth-order valence-electron chi connectivity index (χ4n) is 7.33. The number of nitrogens with zero attached hydrogens (tertiary/aromatic N) is 3. The minimum Gasteiger partial charge on any atom is -0.507 e. The molecule has 0 spiro atoms. The Morgan fingerprint density at radius 1 is 1.07 bits per heavy atom. The lowest BCUT2D eigenvalue weighted by atomic mass is 9.52. The second-order valence-corrected chi connectivity index (χ2v) is 12.8. The van der Waals surface area contributed by atoms with Gasteiger partial charge in [-0.2, -0.15) is 0 Å². The van der Waals surface area contributed by atoms with Crippen molar-refractivity contribution in [3.8, 4) is 5.75 Å². The summed E-state index contributed by atoms with van der Waals surface area (Å²) >= 11 is 0. The number of nitrogens with two attached hydrogens (primary N) is 1. The number of hydrogen-bond donors (Lipinski definition) is 3. The summed E-state index contributed by atoms with van der Waals surface area (Å²) in [6.07, 6.45) is 0.246. The maximum atomic E-state index is 14.0. The molecule has 0 aliphatic heterocycles. The molecular weight excluding hydrogens is 528 g/mol. The smallest absolute Gasteiger partial charge is 0.235 e. The van der Waals surface area contributed by atoms with Gasteiger partial charge in [-0.05, 0) is 69.9 Å². The van der Waals surface area contributed by atoms with Gasteiger partial charge in [0.1, 0.15) is 5.75 Å². The van der Waals surface area contributed by atoms with Gasteiger partial charge >= 0.3 is 0 Å². The summed E-state index contributed by atoms with van der Waals surface area (Å²) in [5.74, 6) is -10.0. The van der Waals surface area contributed by atoms with Crippen molar-refractivity contribution < 1.29 is 34.2 Å². The maximum absolute atomic E-state index is 14.0. The molecule has 3 aliphatic carbocycles. The molecule has 0 bridgehead atoms. The van der Waals surface area contributed by atoms with Gasteiger partial charge in [-0.15, -0.1) is 0 Å². The van der Waals surface area contributed by atoms with Crippen LogP contribution < -0.4 is 10.6 Å². The fourth-order valence-corrected chi connectivity index (χ4v) is 7.33. The van der Waals surface area contributed by atoms with E-state index in [0.29, 0.717) is 18.0 Å². The quantitative estimate of drug-likeness (QED) is 0.392. The number of amides is 1. The Bertz CT molecular complexity index is 1320. The summed E-state index contributed by atoms with van der Waals surface area (Å²) in [5, 5.41) is 22.9. The Hall–Kier alpha value is -3.15. The van der Waals surface area contributed by atoms with Gasteiger partial charge in [-0.1, -0.05) is 13.8 Å². The number of carbonyl (C=O) groups excluding carboxylic acids is 5. The summed E-state index contributed by atoms with van der Waals surface area (Å²) in [6, 6.07) is 0.670. The lowest BCUT2D eigenvalue weighted by molar-refractivity contribution is -0.181. The third-order valence-corrected chi connectivity index (χ3v) is 9.64. The summed E-state index contributed by atoms with van der Waals surface area (Å²) in [6.45, 7) is 6.90. The van der Waals surface area contributed by atoms with Gasteiger partial charge in [0.05, 0.1) is 17.5 Å². The Labute approximate surface area is 240 Å². The fraction of sp³-hybridized carbons (Fsp3) is 0.633. The first kappa shape index (κ1) is 30.8. The summed E-state index contributed by atoms with van der Waals surface area (Å²) in [4.78, 5) is 72.4. The van der Waals surface area contributed by atoms with E-state index < -0.39 is 64.4 Å². The van der Waals surface area contributed by atoms with Crippen LogP contribution in [0.4, 0.5) is 5.69 Å². The maximum Gasteiger partial charge on any atom is 0.235 e. The molecule has 1 aromatic carbocycles. The minimum atomic E-state index is -2.73. The zero-order valence-electron chi connectivity index (χ0n) is 25.1. The number of ketones is 4. The molecular formula is C30H42N4O7. The van der Waals surface area contributed by atoms with Crippen LogP contribution in [0, 0.1) is 29.6 Å². The molecule has 1 aromatic rings. The first-order valence-corrected chi connectivity index (χ1v) is 14.1. The van der Waals surface area contributed by atoms with Crippen molar-refractivity contribution in [2.75, 3.05) is 40.1 Å². The molecule has 1 amide bonds. The number of benzene rings is 1. The van der Waals surface area contributed by atoms with Gasteiger partial charge < -0.3 is 20.8 Å². The van der Waals surface area contributed by atoms with E-state index in [1.54, 1.807) is 20.2 Å². The standard InChI is InChI=1S/C30H42N4O7/c1-13(2)14(3)34(8)12-16-11-19(35)21-17(23(16)32(4)5)9-15-10-18-24(33(6)7)26(37)22(29(31)40)28(39)30(18,41)27(38)20(15)25(21)36/h11,13-15,18,20,22,24,35,41H,9-10,12H2,1-8H3,(H2,31,40)/t14-,15-,18-,20?,22?,24-,30-/m0/s1. The molecule has 4 rings (SSSR count). The number of aromatic hydroxyl groups is 1. The molecule has 0 radical (unpaired) electrons. The zero-order valence-corrected chi connectivity index (χ0v) is 25.1. The van der Waals surface area contributed by atoms with E-state index in [0.717, 1.165) is 11.3 Å². The number of phenols is 1. The first-order chi connectivity index (χ1) is 19.0. The number of rotatable bonds is 7. The third-order valence-electron chi connectivity index (χ3n) is 9.64. The number of primary amides is 1. The van der Waals surface area contributed by atoms with E-state index in [1.165, 1.54) is 4.90 Å². The number of Topliss-reactive ketones (excluding diaryl/α,β-unsaturated/α-hetero) is 4. The zero-order chi connectivity index (χ0) is 30.9. The number of carbonyl (C=O) groups is 5. The lowest BCUT2D eigenvalue weighted by Gasteiger charge is -2.52. The number of aliphatic hydroxyl groups is 1. The van der Waals surface area contributed by atoms with Crippen molar-refractivity contribution in [3.63, 3.8) is 0 Å². The van der Waals surface area contributed by atoms with Gasteiger partial charge in [-0.25, -0.2) is 0 Å². The normalized spacial score (nSPS) is 30.4. The molecule has 41 heavy (non-hydrogen) atoms. The number of hydrogen-bond acceptors (Lipinski definition) is 10. The minimum absolute atomic E-state index is 0.00334. The first-order valence-electron chi connectivity index (χ1n) is 14.1. The Morgan fingerprint density at radius 3 is 2.20 bits per heavy atom. The third kappa shape index (κ3) is 4.58. The molecule has 4 N–H and O–H groups in total. The van der Waals surface area contributed by atoms with Gasteiger partial charge in [0.2, 0.25) is 5.91 Å². The Morgan fingerprint density at radius 2 is 1.68 bits per heavy atom. The van der Waals surface area contributed by atoms with Crippen LogP contribution in [0.1, 0.15) is 48.7 Å². The van der Waals surface area contributed by atoms with Crippen LogP contribution in [0.25, 0.3) is 0 Å². The average Bonchev–Trinajstić information content (AvgIpc) is 2.84. The molecule has 224 valence electrons. The molecule has 2 unspecified atom stereocenters. The van der Waals surface area contributed by atoms with E-state index in [9.17, 15) is 34.2 Å². The largest absolute Gasteiger partial charge is 0.507 e. The van der Waals surface area contributed by atoms with E-state index in [2.05, 4.69) is 25.7 Å². The second kappa shape index (κ2) is 10.6. The van der Waals surface area contributed by atoms with Crippen LogP contribution in [-0.4, -0.2) is 102 Å². The number of phenolic OH excluding ortho intramolecular Hbond substituents is 1. The molecule has 0 heterocycles. The van der Waals surface area contributed by atoms with Crippen LogP contribution in [0.5, 0.6) is 5.75 Å². The summed E-state index contributed by atoms with van der Waals surface area (Å²) in [5.41, 5.74) is 4.85. The average molecular weight is 571 g/mol. The summed E-state index contributed by atoms with van der Waals surface area (Å²) in [7, 11) is 8.84. The SMILES string of the molecule is CC(C)[C@H](C)N(C)Cc1cc(O)c2c(c1N(C)C)C[C@H]1C[C@H]3[C@H](N(C)C)C(=O)C(C(N)=O)C(=O)[C@@]3(O)C(=O)C1C2=O. The highest BCUT2D eigenvalue weighted by Crippen LogP contribution is 2.52. The molecule has 2 saturated carbocycles. The Balaban J connectivity index is 1.85. The highest BCUT2D eigenvalue weighted by Gasteiger charge is 2.69. The summed E-state index contributed by atoms with van der Waals surface area (Å²) < 4.78 is 0. The van der Waals surface area contributed by atoms with Crippen molar-refractivity contribution in [2.45, 2.75) is 57.8 Å². The van der Waals surface area contributed by atoms with Crippen molar-refractivity contribution in [1.29, 1.82) is 0 Å². The van der Waals surface area contributed by atoms with Crippen LogP contribution in [0.2, 0.25) is 0 Å². The number of likely N-dealkylation sites (N-methyl/N-ethyl adjacent to an activating group) is 1. The molecule has 3 aliphatic rings. The van der Waals surface area contributed by atoms with E-state index >= 15 is 0 Å². The molecule has 2 fully saturated rings. The van der Waals surface area contributed by atoms with Gasteiger partial charge in [0, 0.05) is 38.3 Å². The van der Waals surface area contributed by atoms with Crippen molar-refractivity contribution >= 4 is 34.7 Å². The van der Waals surface area contributed by atoms with Crippen molar-refractivity contribution in [2.24, 2.45) is 35.3 Å². The molecule has 0 saturated heterocycles. The topological polar surface area (TPSA) is 162 Å². The van der Waals surface area contributed by atoms with Crippen LogP contribution >= 0.6 is 0 Å². The van der Waals surface area contributed by atoms with Gasteiger partial charge in [-0.3, -0.25) is 33.8 Å². The lowest BCUT2D eigenvalue weighted by Crippen LogP contribution is -2.74.